The summed E-state index contributed by atoms with van der Waals surface area (Å²) in [5.74, 6) is 0. The standard InChI is InChI=1S/C82H94N6.2H2O.Sn/c1-75(2,3)51-35-47(36-52(43-51)76(4,5)6)67-61-29-30-62(83-61)68(48-37-53(77(7,8)9)44-54(38-48)78(10,11)12)64-32-34-66(85-64)70(50-41-57(81(19,20)21)46-58(42-50)82(22,23)24)72-74-73(86-59-27-25-26-28-60(59)87-74)71(88-72)69(65-33-31-63(67)84-65)49-39-55(79(13,14)15)45-56(40-49)80(16,17)18;;;/h25-46H,1-24H3;2*1H2;/q-2;;;+2. The van der Waals surface area contributed by atoms with Crippen LogP contribution in [0.3, 0.4) is 0 Å². The molecule has 0 unspecified atom stereocenters. The molecular formula is C82H98N6O2Sn. The van der Waals surface area contributed by atoms with Gasteiger partial charge in [-0.05, 0) is 0 Å². The number of hydrogen-bond donors (Lipinski definition) is 0. The third-order valence-electron chi connectivity index (χ3n) is 18.7. The van der Waals surface area contributed by atoms with Crippen LogP contribution in [0.5, 0.6) is 0 Å². The van der Waals surface area contributed by atoms with Crippen molar-refractivity contribution in [1.82, 2.24) is 15.5 Å². The fourth-order valence-electron chi connectivity index (χ4n) is 12.7. The maximum Gasteiger partial charge on any atom is -0.412 e. The van der Waals surface area contributed by atoms with Crippen molar-refractivity contribution < 1.29 is 11.0 Å². The van der Waals surface area contributed by atoms with Crippen LogP contribution in [0.25, 0.3) is 39.0 Å². The van der Waals surface area contributed by atoms with Gasteiger partial charge in [0.15, 0.2) is 0 Å². The average Bonchev–Trinajstić information content (AvgIpc) is 1.58. The summed E-state index contributed by atoms with van der Waals surface area (Å²) in [6, 6.07) is 47.6. The molecule has 2 radical (unpaired) electrons. The van der Waals surface area contributed by atoms with Crippen molar-refractivity contribution in [3.8, 4) is 0 Å². The van der Waals surface area contributed by atoms with Crippen LogP contribution in [0.4, 0.5) is 0 Å². The van der Waals surface area contributed by atoms with Crippen LogP contribution in [-0.2, 0) is 43.3 Å². The molecule has 4 aliphatic rings. The van der Waals surface area contributed by atoms with Crippen LogP contribution in [0, 0.1) is 0 Å². The van der Waals surface area contributed by atoms with Crippen molar-refractivity contribution >= 4 is 72.1 Å². The maximum absolute atomic E-state index is 6.25. The van der Waals surface area contributed by atoms with Crippen molar-refractivity contribution in [1.29, 1.82) is 0 Å². The number of allylic oxidation sites excluding steroid dienone is 2. The second kappa shape index (κ2) is 22.4. The van der Waals surface area contributed by atoms with Gasteiger partial charge in [0.2, 0.25) is 0 Å². The Hall–Kier alpha value is -6.98. The van der Waals surface area contributed by atoms with Gasteiger partial charge in [-0.1, -0.05) is 0 Å². The van der Waals surface area contributed by atoms with Crippen molar-refractivity contribution in [3.63, 3.8) is 0 Å². The zero-order valence-corrected chi connectivity index (χ0v) is 61.7. The summed E-state index contributed by atoms with van der Waals surface area (Å²) >= 11 is -2.20. The van der Waals surface area contributed by atoms with Gasteiger partial charge in [-0.3, -0.25) is 0 Å². The molecule has 91 heavy (non-hydrogen) atoms. The van der Waals surface area contributed by atoms with Crippen LogP contribution < -0.4 is 10.7 Å². The summed E-state index contributed by atoms with van der Waals surface area (Å²) < 4.78 is 5.57. The first-order valence-corrected chi connectivity index (χ1v) is 34.9. The Kier molecular flexibility index (Phi) is 16.4. The molecule has 6 bridgehead atoms. The van der Waals surface area contributed by atoms with Gasteiger partial charge in [0.25, 0.3) is 0 Å². The molecule has 12 rings (SSSR count). The van der Waals surface area contributed by atoms with Crippen LogP contribution in [0.15, 0.2) is 149 Å². The number of hydrogen-bond acceptors (Lipinski definition) is 4. The molecule has 0 fully saturated rings. The number of aromatic nitrogens is 4. The van der Waals surface area contributed by atoms with Crippen molar-refractivity contribution in [3.05, 3.63) is 239 Å². The Balaban J connectivity index is 0.00000455. The number of para-hydroxylation sites is 2. The van der Waals surface area contributed by atoms with Gasteiger partial charge in [-0.25, -0.2) is 0 Å². The smallest absolute Gasteiger partial charge is 0.412 e. The first kappa shape index (κ1) is 66.9. The van der Waals surface area contributed by atoms with E-state index in [2.05, 4.69) is 305 Å². The van der Waals surface area contributed by atoms with E-state index in [0.717, 1.165) is 101 Å². The topological polar surface area (TPSA) is 123 Å². The summed E-state index contributed by atoms with van der Waals surface area (Å²) in [5.41, 5.74) is 27.4. The van der Waals surface area contributed by atoms with Gasteiger partial charge in [-0.2, -0.15) is 0 Å². The molecule has 0 atom stereocenters. The molecule has 0 saturated heterocycles. The molecule has 472 valence electrons. The largest absolute Gasteiger partial charge is 0.412 e. The summed E-state index contributed by atoms with van der Waals surface area (Å²) in [6.07, 6.45) is 4.64. The Bertz CT molecular complexity index is 4490. The second-order valence-electron chi connectivity index (χ2n) is 34.1. The minimum absolute atomic E-state index is 0. The molecule has 5 aromatic carbocycles. The van der Waals surface area contributed by atoms with Crippen molar-refractivity contribution in [2.75, 3.05) is 0 Å². The minimum Gasteiger partial charge on any atom is -0.412 e. The molecular weight excluding hydrogens is 1220 g/mol. The number of fused-ring (bicyclic) bond motifs is 6. The van der Waals surface area contributed by atoms with E-state index in [-0.39, 0.29) is 54.3 Å². The molecule has 0 saturated carbocycles. The molecule has 8 aromatic rings. The van der Waals surface area contributed by atoms with Gasteiger partial charge in [-0.15, -0.1) is 0 Å². The maximum atomic E-state index is 6.25. The number of benzene rings is 5. The normalized spacial score (nSPS) is 15.4. The first-order valence-electron chi connectivity index (χ1n) is 32.4. The summed E-state index contributed by atoms with van der Waals surface area (Å²) in [7, 11) is 0. The van der Waals surface area contributed by atoms with Crippen LogP contribution in [-0.4, -0.2) is 59.6 Å². The molecule has 0 spiro atoms. The molecule has 3 aromatic heterocycles. The predicted octanol–water partition coefficient (Wildman–Crippen LogP) is 16.8. The number of aliphatic imine (C=N–C) groups is 2. The predicted molar refractivity (Wildman–Crippen MR) is 387 cm³/mol. The molecule has 4 aliphatic heterocycles. The number of rotatable bonds is 4. The fourth-order valence-corrected chi connectivity index (χ4v) is 16.7. The molecule has 7 heterocycles. The van der Waals surface area contributed by atoms with E-state index in [4.69, 9.17) is 20.0 Å². The second-order valence-corrected chi connectivity index (χ2v) is 37.2. The first-order chi connectivity index (χ1) is 41.1. The third-order valence-corrected chi connectivity index (χ3v) is 22.6. The fraction of sp³-hybridized carbons (Fsp3) is 0.390. The third kappa shape index (κ3) is 12.2. The van der Waals surface area contributed by atoms with E-state index in [0.29, 0.717) is 0 Å². The molecule has 9 heteroatoms. The van der Waals surface area contributed by atoms with E-state index < -0.39 is 21.7 Å². The summed E-state index contributed by atoms with van der Waals surface area (Å²) in [6.45, 7) is 56.4. The van der Waals surface area contributed by atoms with E-state index >= 15 is 0 Å². The molecule has 4 N–H and O–H groups in total. The van der Waals surface area contributed by atoms with E-state index in [1.54, 1.807) is 0 Å². The van der Waals surface area contributed by atoms with Crippen molar-refractivity contribution in [2.45, 2.75) is 209 Å². The van der Waals surface area contributed by atoms with Gasteiger partial charge in [0, 0.05) is 0 Å². The molecule has 8 nitrogen and oxygen atoms in total. The average molecular weight is 1320 g/mol. The Labute approximate surface area is 553 Å². The van der Waals surface area contributed by atoms with Crippen LogP contribution >= 0.6 is 0 Å². The summed E-state index contributed by atoms with van der Waals surface area (Å²) in [4.78, 5) is 23.8. The van der Waals surface area contributed by atoms with E-state index in [1.165, 1.54) is 55.6 Å². The minimum atomic E-state index is -2.20. The zero-order valence-electron chi connectivity index (χ0n) is 58.9. The van der Waals surface area contributed by atoms with Crippen LogP contribution in [0.2, 0.25) is 0 Å². The van der Waals surface area contributed by atoms with Gasteiger partial charge >= 0.3 is 547 Å². The van der Waals surface area contributed by atoms with E-state index in [1.807, 2.05) is 0 Å². The summed E-state index contributed by atoms with van der Waals surface area (Å²) in [5, 5.41) is 2.28. The number of nitrogens with zero attached hydrogens (tertiary/aromatic N) is 6. The zero-order chi connectivity index (χ0) is 64.4. The van der Waals surface area contributed by atoms with Gasteiger partial charge in [0.05, 0.1) is 0 Å². The Morgan fingerprint density at radius 3 is 1.03 bits per heavy atom. The van der Waals surface area contributed by atoms with Gasteiger partial charge < -0.3 is 11.0 Å². The van der Waals surface area contributed by atoms with Crippen molar-refractivity contribution in [2.24, 2.45) is 9.98 Å². The molecule has 0 amide bonds. The van der Waals surface area contributed by atoms with Gasteiger partial charge in [0.1, 0.15) is 0 Å². The Morgan fingerprint density at radius 1 is 0.319 bits per heavy atom. The molecule has 0 aliphatic carbocycles. The Morgan fingerprint density at radius 2 is 0.648 bits per heavy atom. The van der Waals surface area contributed by atoms with E-state index in [9.17, 15) is 0 Å². The quantitative estimate of drug-likeness (QED) is 0.163. The monoisotopic (exact) mass is 1320 g/mol. The SMILES string of the molecule is CC(C)(C)c1cc(C2=C3C=CC(=N3)C(c3cc(C(C)(C)C)cc(C(C)(C)C)c3)=c3ccc4[n]3[Sn][n]3c2ccc3C(c2cc(C(C)(C)C)cc(C(C)(C)C)c2)=C2N=C(C=4c3cc(C(C)(C)C)cc(C(C)(C)C)c3)c3nc4ccccc4nc32)cc(C(C)(C)C)c1.O.O. The van der Waals surface area contributed by atoms with Crippen LogP contribution in [0.1, 0.15) is 256 Å².